The van der Waals surface area contributed by atoms with Crippen LogP contribution in [0.1, 0.15) is 32.8 Å². The van der Waals surface area contributed by atoms with E-state index >= 15 is 0 Å². The van der Waals surface area contributed by atoms with Crippen molar-refractivity contribution in [3.05, 3.63) is 35.9 Å². The molecule has 1 aromatic carbocycles. The van der Waals surface area contributed by atoms with Gasteiger partial charge in [0.2, 0.25) is 0 Å². The molecule has 6 nitrogen and oxygen atoms in total. The Morgan fingerprint density at radius 2 is 1.88 bits per heavy atom. The number of likely N-dealkylation sites (tertiary alicyclic amines) is 2. The van der Waals surface area contributed by atoms with Crippen LogP contribution in [0.3, 0.4) is 0 Å². The number of carbonyl (C=O) groups excluding carboxylic acids is 1. The van der Waals surface area contributed by atoms with Crippen LogP contribution in [0, 0.1) is 5.92 Å². The smallest absolute Gasteiger partial charge is 0.410 e. The van der Waals surface area contributed by atoms with E-state index < -0.39 is 17.6 Å². The van der Waals surface area contributed by atoms with Gasteiger partial charge in [-0.3, -0.25) is 9.69 Å². The third kappa shape index (κ3) is 3.95. The van der Waals surface area contributed by atoms with Gasteiger partial charge in [-0.2, -0.15) is 0 Å². The molecule has 3 rings (SSSR count). The minimum atomic E-state index is -0.783. The van der Waals surface area contributed by atoms with Crippen molar-refractivity contribution in [2.75, 3.05) is 13.1 Å². The van der Waals surface area contributed by atoms with Crippen LogP contribution >= 0.6 is 0 Å². The Bertz CT molecular complexity index is 641. The zero-order chi connectivity index (χ0) is 18.2. The molecule has 6 heteroatoms. The highest BCUT2D eigenvalue weighted by Gasteiger charge is 2.50. The van der Waals surface area contributed by atoms with Crippen LogP contribution in [0.25, 0.3) is 0 Å². The summed E-state index contributed by atoms with van der Waals surface area (Å²) < 4.78 is 5.47. The third-order valence-corrected chi connectivity index (χ3v) is 4.90. The fourth-order valence-corrected chi connectivity index (χ4v) is 3.85. The number of hydrogen-bond donors (Lipinski definition) is 1. The lowest BCUT2D eigenvalue weighted by Gasteiger charge is -2.29. The number of carboxylic acids is 1. The number of carboxylic acid groups (broad SMARTS) is 1. The maximum Gasteiger partial charge on any atom is 0.410 e. The van der Waals surface area contributed by atoms with E-state index in [-0.39, 0.29) is 18.1 Å². The second-order valence-corrected chi connectivity index (χ2v) is 7.96. The predicted octanol–water partition coefficient (Wildman–Crippen LogP) is 2.58. The third-order valence-electron chi connectivity index (χ3n) is 4.90. The number of fused-ring (bicyclic) bond motifs is 1. The quantitative estimate of drug-likeness (QED) is 0.911. The van der Waals surface area contributed by atoms with Crippen LogP contribution in [-0.4, -0.2) is 57.7 Å². The standard InChI is InChI=1S/C19H26N2O4/c1-19(2,3)25-18(24)20-11-14-9-15(17(22)23)21(16(14)12-20)10-13-7-5-4-6-8-13/h4-8,14-16H,9-12H2,1-3H3,(H,22,23)/t14-,15-,16+/m0/s1. The molecule has 25 heavy (non-hydrogen) atoms. The van der Waals surface area contributed by atoms with E-state index in [9.17, 15) is 14.7 Å². The molecule has 0 aliphatic carbocycles. The van der Waals surface area contributed by atoms with Crippen LogP contribution < -0.4 is 0 Å². The number of amides is 1. The Labute approximate surface area is 148 Å². The summed E-state index contributed by atoms with van der Waals surface area (Å²) in [5, 5.41) is 9.60. The van der Waals surface area contributed by atoms with Gasteiger partial charge in [0.05, 0.1) is 0 Å². The summed E-state index contributed by atoms with van der Waals surface area (Å²) in [5.74, 6) is -0.605. The molecule has 0 aromatic heterocycles. The zero-order valence-corrected chi connectivity index (χ0v) is 15.0. The largest absolute Gasteiger partial charge is 0.480 e. The van der Waals surface area contributed by atoms with Gasteiger partial charge in [-0.25, -0.2) is 4.79 Å². The lowest BCUT2D eigenvalue weighted by molar-refractivity contribution is -0.143. The lowest BCUT2D eigenvalue weighted by Crippen LogP contribution is -2.44. The summed E-state index contributed by atoms with van der Waals surface area (Å²) in [4.78, 5) is 27.8. The average molecular weight is 346 g/mol. The first-order valence-corrected chi connectivity index (χ1v) is 8.75. The van der Waals surface area contributed by atoms with Crippen LogP contribution in [0.4, 0.5) is 4.79 Å². The number of benzene rings is 1. The zero-order valence-electron chi connectivity index (χ0n) is 15.0. The molecule has 0 saturated carbocycles. The van der Waals surface area contributed by atoms with Crippen LogP contribution in [0.15, 0.2) is 30.3 Å². The van der Waals surface area contributed by atoms with Crippen LogP contribution in [0.2, 0.25) is 0 Å². The lowest BCUT2D eigenvalue weighted by atomic mass is 10.0. The second-order valence-electron chi connectivity index (χ2n) is 7.96. The fraction of sp³-hybridized carbons (Fsp3) is 0.579. The number of carbonyl (C=O) groups is 2. The molecular formula is C19H26N2O4. The average Bonchev–Trinajstić information content (AvgIpc) is 3.06. The Balaban J connectivity index is 1.73. The Kier molecular flexibility index (Phi) is 4.73. The maximum atomic E-state index is 12.3. The van der Waals surface area contributed by atoms with Gasteiger partial charge in [-0.05, 0) is 38.7 Å². The Morgan fingerprint density at radius 1 is 1.20 bits per heavy atom. The molecule has 1 amide bonds. The molecular weight excluding hydrogens is 320 g/mol. The molecule has 1 aromatic rings. The van der Waals surface area contributed by atoms with Crippen molar-refractivity contribution in [2.45, 2.75) is 51.4 Å². The highest BCUT2D eigenvalue weighted by Crippen LogP contribution is 2.37. The maximum absolute atomic E-state index is 12.3. The summed E-state index contributed by atoms with van der Waals surface area (Å²) in [7, 11) is 0. The SMILES string of the molecule is CC(C)(C)OC(=O)N1C[C@@H]2C[C@@H](C(=O)O)N(Cc3ccccc3)[C@@H]2C1. The number of rotatable bonds is 3. The normalized spacial score (nSPS) is 26.5. The monoisotopic (exact) mass is 346 g/mol. The van der Waals surface area contributed by atoms with E-state index in [1.807, 2.05) is 56.0 Å². The highest BCUT2D eigenvalue weighted by molar-refractivity contribution is 5.74. The minimum absolute atomic E-state index is 0.0637. The van der Waals surface area contributed by atoms with E-state index in [0.717, 1.165) is 5.56 Å². The molecule has 2 aliphatic heterocycles. The number of ether oxygens (including phenoxy) is 1. The molecule has 1 N–H and O–H groups in total. The van der Waals surface area contributed by atoms with Crippen LogP contribution in [-0.2, 0) is 16.1 Å². The minimum Gasteiger partial charge on any atom is -0.480 e. The topological polar surface area (TPSA) is 70.1 Å². The van der Waals surface area contributed by atoms with E-state index in [1.165, 1.54) is 0 Å². The molecule has 2 saturated heterocycles. The predicted molar refractivity (Wildman–Crippen MR) is 93.1 cm³/mol. The molecule has 2 fully saturated rings. The fourth-order valence-electron chi connectivity index (χ4n) is 3.85. The molecule has 2 aliphatic rings. The molecule has 0 spiro atoms. The molecule has 0 radical (unpaired) electrons. The van der Waals surface area contributed by atoms with Gasteiger partial charge in [0.15, 0.2) is 0 Å². The molecule has 136 valence electrons. The van der Waals surface area contributed by atoms with Crippen molar-refractivity contribution in [3.8, 4) is 0 Å². The summed E-state index contributed by atoms with van der Waals surface area (Å²) in [5.41, 5.74) is 0.562. The van der Waals surface area contributed by atoms with E-state index in [2.05, 4.69) is 0 Å². The second kappa shape index (κ2) is 6.67. The van der Waals surface area contributed by atoms with E-state index in [1.54, 1.807) is 4.90 Å². The summed E-state index contributed by atoms with van der Waals surface area (Å²) in [6.07, 6.45) is 0.264. The van der Waals surface area contributed by atoms with Gasteiger partial charge in [-0.15, -0.1) is 0 Å². The van der Waals surface area contributed by atoms with Crippen LogP contribution in [0.5, 0.6) is 0 Å². The summed E-state index contributed by atoms with van der Waals surface area (Å²) in [6, 6.07) is 9.45. The molecule has 3 atom stereocenters. The van der Waals surface area contributed by atoms with Crippen molar-refractivity contribution in [2.24, 2.45) is 5.92 Å². The van der Waals surface area contributed by atoms with Gasteiger partial charge in [0, 0.05) is 25.7 Å². The first kappa shape index (κ1) is 17.7. The highest BCUT2D eigenvalue weighted by atomic mass is 16.6. The van der Waals surface area contributed by atoms with Gasteiger partial charge in [-0.1, -0.05) is 30.3 Å². The van der Waals surface area contributed by atoms with Gasteiger partial charge in [0.25, 0.3) is 0 Å². The van der Waals surface area contributed by atoms with E-state index in [0.29, 0.717) is 26.1 Å². The summed E-state index contributed by atoms with van der Waals surface area (Å²) >= 11 is 0. The van der Waals surface area contributed by atoms with Crippen molar-refractivity contribution >= 4 is 12.1 Å². The van der Waals surface area contributed by atoms with Crippen molar-refractivity contribution in [1.29, 1.82) is 0 Å². The molecule has 0 unspecified atom stereocenters. The first-order valence-electron chi connectivity index (χ1n) is 8.75. The first-order chi connectivity index (χ1) is 11.7. The number of nitrogens with zero attached hydrogens (tertiary/aromatic N) is 2. The van der Waals surface area contributed by atoms with E-state index in [4.69, 9.17) is 4.74 Å². The van der Waals surface area contributed by atoms with Gasteiger partial charge in [0.1, 0.15) is 11.6 Å². The van der Waals surface area contributed by atoms with Gasteiger partial charge >= 0.3 is 12.1 Å². The Hall–Kier alpha value is -2.08. The van der Waals surface area contributed by atoms with Gasteiger partial charge < -0.3 is 14.7 Å². The van der Waals surface area contributed by atoms with Crippen molar-refractivity contribution in [3.63, 3.8) is 0 Å². The summed E-state index contributed by atoms with van der Waals surface area (Å²) in [6.45, 7) is 7.23. The number of hydrogen-bond acceptors (Lipinski definition) is 4. The molecule has 0 bridgehead atoms. The molecule has 2 heterocycles. The van der Waals surface area contributed by atoms with Crippen molar-refractivity contribution in [1.82, 2.24) is 9.80 Å². The number of aliphatic carboxylic acids is 1. The Morgan fingerprint density at radius 3 is 2.48 bits per heavy atom. The van der Waals surface area contributed by atoms with Crippen molar-refractivity contribution < 1.29 is 19.4 Å².